The number of benzene rings is 1. The van der Waals surface area contributed by atoms with E-state index < -0.39 is 28.5 Å². The van der Waals surface area contributed by atoms with Gasteiger partial charge in [0, 0.05) is 0 Å². The van der Waals surface area contributed by atoms with E-state index in [4.69, 9.17) is 16.1 Å². The molecule has 0 spiro atoms. The van der Waals surface area contributed by atoms with Gasteiger partial charge in [-0.25, -0.2) is 17.5 Å². The molecule has 1 aromatic carbocycles. The Bertz CT molecular complexity index is 772. The molecular weight excluding hydrogens is 335 g/mol. The zero-order valence-corrected chi connectivity index (χ0v) is 13.4. The fourth-order valence-corrected chi connectivity index (χ4v) is 3.71. The van der Waals surface area contributed by atoms with Crippen molar-refractivity contribution in [2.24, 2.45) is 0 Å². The average Bonchev–Trinajstić information content (AvgIpc) is 2.79. The first-order valence-corrected chi connectivity index (χ1v) is 8.13. The van der Waals surface area contributed by atoms with E-state index in [2.05, 4.69) is 9.88 Å². The quantitative estimate of drug-likeness (QED) is 0.863. The molecule has 1 unspecified atom stereocenters. The van der Waals surface area contributed by atoms with Crippen LogP contribution in [0.25, 0.3) is 0 Å². The fourth-order valence-electron chi connectivity index (χ4n) is 2.04. The second kappa shape index (κ2) is 6.33. The largest absolute Gasteiger partial charge is 0.394 e. The molecule has 1 atom stereocenters. The molecule has 2 N–H and O–H groups in total. The number of sulfonamides is 1. The standard InChI is InChI=1S/C13H14ClFN2O4S/c1-7-13(8(2)21-16-7)22(19,20)17-12(6-18)9-3-4-10(14)11(15)5-9/h3-5,12,17-18H,6H2,1-2H3. The minimum atomic E-state index is -3.98. The summed E-state index contributed by atoms with van der Waals surface area (Å²) in [5.74, 6) is -0.571. The molecule has 0 aliphatic carbocycles. The Labute approximate surface area is 131 Å². The maximum atomic E-state index is 13.5. The lowest BCUT2D eigenvalue weighted by Crippen LogP contribution is -2.31. The summed E-state index contributed by atoms with van der Waals surface area (Å²) < 4.78 is 45.4. The zero-order valence-electron chi connectivity index (χ0n) is 11.8. The molecular formula is C13H14ClFN2O4S. The average molecular weight is 349 g/mol. The Balaban J connectivity index is 2.35. The van der Waals surface area contributed by atoms with Crippen LogP contribution in [0.5, 0.6) is 0 Å². The zero-order chi connectivity index (χ0) is 16.5. The number of aliphatic hydroxyl groups excluding tert-OH is 1. The highest BCUT2D eigenvalue weighted by Gasteiger charge is 2.27. The molecule has 1 aromatic heterocycles. The van der Waals surface area contributed by atoms with Gasteiger partial charge in [-0.3, -0.25) is 0 Å². The molecule has 0 saturated heterocycles. The van der Waals surface area contributed by atoms with Gasteiger partial charge < -0.3 is 9.63 Å². The van der Waals surface area contributed by atoms with Gasteiger partial charge in [-0.15, -0.1) is 0 Å². The van der Waals surface area contributed by atoms with Crippen molar-refractivity contribution in [3.63, 3.8) is 0 Å². The van der Waals surface area contributed by atoms with Crippen molar-refractivity contribution >= 4 is 21.6 Å². The highest BCUT2D eigenvalue weighted by Crippen LogP contribution is 2.24. The van der Waals surface area contributed by atoms with E-state index >= 15 is 0 Å². The maximum absolute atomic E-state index is 13.5. The first-order valence-electron chi connectivity index (χ1n) is 6.27. The summed E-state index contributed by atoms with van der Waals surface area (Å²) in [6.45, 7) is 2.40. The van der Waals surface area contributed by atoms with Crippen molar-refractivity contribution in [2.45, 2.75) is 24.8 Å². The van der Waals surface area contributed by atoms with Gasteiger partial charge in [0.05, 0.1) is 17.7 Å². The highest BCUT2D eigenvalue weighted by atomic mass is 35.5. The van der Waals surface area contributed by atoms with E-state index in [1.165, 1.54) is 26.0 Å². The molecule has 2 aromatic rings. The van der Waals surface area contributed by atoms with Crippen LogP contribution < -0.4 is 4.72 Å². The second-order valence-corrected chi connectivity index (χ2v) is 6.74. The van der Waals surface area contributed by atoms with Crippen molar-refractivity contribution in [1.82, 2.24) is 9.88 Å². The molecule has 6 nitrogen and oxygen atoms in total. The number of aliphatic hydroxyl groups is 1. The molecule has 1 heterocycles. The summed E-state index contributed by atoms with van der Waals surface area (Å²) in [4.78, 5) is -0.0969. The van der Waals surface area contributed by atoms with E-state index in [0.29, 0.717) is 0 Å². The van der Waals surface area contributed by atoms with E-state index in [1.807, 2.05) is 0 Å². The van der Waals surface area contributed by atoms with Crippen LogP contribution in [0.1, 0.15) is 23.1 Å². The lowest BCUT2D eigenvalue weighted by molar-refractivity contribution is 0.258. The molecule has 0 bridgehead atoms. The summed E-state index contributed by atoms with van der Waals surface area (Å²) in [6, 6.07) is 2.77. The third-order valence-electron chi connectivity index (χ3n) is 3.06. The van der Waals surface area contributed by atoms with Crippen molar-refractivity contribution in [1.29, 1.82) is 0 Å². The predicted molar refractivity (Wildman–Crippen MR) is 77.5 cm³/mol. The Morgan fingerprint density at radius 1 is 1.45 bits per heavy atom. The number of aryl methyl sites for hydroxylation is 2. The van der Waals surface area contributed by atoms with Crippen LogP contribution >= 0.6 is 11.6 Å². The van der Waals surface area contributed by atoms with Gasteiger partial charge in [0.1, 0.15) is 16.4 Å². The van der Waals surface area contributed by atoms with Gasteiger partial charge in [0.25, 0.3) is 0 Å². The molecule has 2 rings (SSSR count). The van der Waals surface area contributed by atoms with Crippen LogP contribution in [0.4, 0.5) is 4.39 Å². The van der Waals surface area contributed by atoms with Crippen LogP contribution in [-0.2, 0) is 10.0 Å². The monoisotopic (exact) mass is 348 g/mol. The van der Waals surface area contributed by atoms with E-state index in [9.17, 15) is 17.9 Å². The smallest absolute Gasteiger partial charge is 0.246 e. The molecule has 120 valence electrons. The molecule has 0 amide bonds. The van der Waals surface area contributed by atoms with Gasteiger partial charge in [0.15, 0.2) is 5.76 Å². The van der Waals surface area contributed by atoms with Crippen LogP contribution in [0.2, 0.25) is 5.02 Å². The summed E-state index contributed by atoms with van der Waals surface area (Å²) in [7, 11) is -3.98. The van der Waals surface area contributed by atoms with Gasteiger partial charge in [-0.2, -0.15) is 0 Å². The summed E-state index contributed by atoms with van der Waals surface area (Å²) in [6.07, 6.45) is 0. The minimum Gasteiger partial charge on any atom is -0.394 e. The number of halogens is 2. The molecule has 9 heteroatoms. The Morgan fingerprint density at radius 3 is 2.64 bits per heavy atom. The van der Waals surface area contributed by atoms with Crippen molar-refractivity contribution < 1.29 is 22.4 Å². The van der Waals surface area contributed by atoms with Crippen LogP contribution in [0, 0.1) is 19.7 Å². The number of rotatable bonds is 5. The third-order valence-corrected chi connectivity index (χ3v) is 5.08. The van der Waals surface area contributed by atoms with Crippen LogP contribution in [-0.4, -0.2) is 25.3 Å². The van der Waals surface area contributed by atoms with E-state index in [1.54, 1.807) is 0 Å². The topological polar surface area (TPSA) is 92.4 Å². The maximum Gasteiger partial charge on any atom is 0.246 e. The van der Waals surface area contributed by atoms with Gasteiger partial charge in [-0.05, 0) is 31.5 Å². The SMILES string of the molecule is Cc1noc(C)c1S(=O)(=O)NC(CO)c1ccc(Cl)c(F)c1. The molecule has 0 fully saturated rings. The van der Waals surface area contributed by atoms with Crippen LogP contribution in [0.15, 0.2) is 27.6 Å². The summed E-state index contributed by atoms with van der Waals surface area (Å²) in [5.41, 5.74) is 0.448. The number of aromatic nitrogens is 1. The lowest BCUT2D eigenvalue weighted by atomic mass is 10.1. The van der Waals surface area contributed by atoms with Crippen molar-refractivity contribution in [3.8, 4) is 0 Å². The van der Waals surface area contributed by atoms with Crippen molar-refractivity contribution in [2.75, 3.05) is 6.61 Å². The number of hydrogen-bond acceptors (Lipinski definition) is 5. The molecule has 0 aliphatic rings. The molecule has 0 saturated carbocycles. The van der Waals surface area contributed by atoms with Gasteiger partial charge in [-0.1, -0.05) is 22.8 Å². The second-order valence-electron chi connectivity index (χ2n) is 4.68. The predicted octanol–water partition coefficient (Wildman–Crippen LogP) is 2.10. The van der Waals surface area contributed by atoms with Crippen LogP contribution in [0.3, 0.4) is 0 Å². The highest BCUT2D eigenvalue weighted by molar-refractivity contribution is 7.89. The number of hydrogen-bond donors (Lipinski definition) is 2. The minimum absolute atomic E-state index is 0.0889. The normalized spacial score (nSPS) is 13.3. The summed E-state index contributed by atoms with van der Waals surface area (Å²) >= 11 is 5.59. The molecule has 0 aliphatic heterocycles. The van der Waals surface area contributed by atoms with Gasteiger partial charge in [0.2, 0.25) is 10.0 Å². The lowest BCUT2D eigenvalue weighted by Gasteiger charge is -2.17. The Hall–Kier alpha value is -1.48. The summed E-state index contributed by atoms with van der Waals surface area (Å²) in [5, 5.41) is 12.9. The first-order chi connectivity index (χ1) is 10.3. The Morgan fingerprint density at radius 2 is 2.14 bits per heavy atom. The first kappa shape index (κ1) is 16.9. The molecule has 0 radical (unpaired) electrons. The fraction of sp³-hybridized carbons (Fsp3) is 0.308. The Kier molecular flexibility index (Phi) is 4.86. The van der Waals surface area contributed by atoms with Crippen molar-refractivity contribution in [3.05, 3.63) is 46.1 Å². The number of nitrogens with one attached hydrogen (secondary N) is 1. The molecule has 22 heavy (non-hydrogen) atoms. The van der Waals surface area contributed by atoms with E-state index in [-0.39, 0.29) is 26.9 Å². The number of nitrogens with zero attached hydrogens (tertiary/aromatic N) is 1. The van der Waals surface area contributed by atoms with E-state index in [0.717, 1.165) is 6.07 Å². The third kappa shape index (κ3) is 3.30. The van der Waals surface area contributed by atoms with Gasteiger partial charge >= 0.3 is 0 Å².